The summed E-state index contributed by atoms with van der Waals surface area (Å²) in [5.74, 6) is 0.412. The van der Waals surface area contributed by atoms with Crippen molar-refractivity contribution in [2.75, 3.05) is 5.32 Å². The smallest absolute Gasteiger partial charge is 0.257 e. The van der Waals surface area contributed by atoms with E-state index in [0.29, 0.717) is 22.2 Å². The predicted molar refractivity (Wildman–Crippen MR) is 110 cm³/mol. The molecule has 0 fully saturated rings. The third-order valence-electron chi connectivity index (χ3n) is 3.09. The second kappa shape index (κ2) is 11.0. The van der Waals surface area contributed by atoms with E-state index in [1.165, 1.54) is 18.0 Å². The molecule has 5 nitrogen and oxygen atoms in total. The van der Waals surface area contributed by atoms with Gasteiger partial charge in [0.05, 0.1) is 16.9 Å². The predicted octanol–water partition coefficient (Wildman–Crippen LogP) is 4.91. The second-order valence-corrected chi connectivity index (χ2v) is 6.14. The Morgan fingerprint density at radius 1 is 1.00 bits per heavy atom. The van der Waals surface area contributed by atoms with Crippen LogP contribution in [-0.4, -0.2) is 20.9 Å². The van der Waals surface area contributed by atoms with Crippen molar-refractivity contribution in [2.24, 2.45) is 0 Å². The number of amides is 1. The molecule has 3 aromatic heterocycles. The molecule has 3 aromatic rings. The molecule has 0 spiro atoms. The molecule has 0 saturated heterocycles. The normalized spacial score (nSPS) is 9.58. The number of nitrogens with one attached hydrogen (secondary N) is 1. The van der Waals surface area contributed by atoms with Gasteiger partial charge in [-0.05, 0) is 36.4 Å². The maximum atomic E-state index is 12.3. The highest BCUT2D eigenvalue weighted by molar-refractivity contribution is 7.98. The van der Waals surface area contributed by atoms with Gasteiger partial charge in [-0.1, -0.05) is 29.4 Å². The Hall–Kier alpha value is -1.86. The van der Waals surface area contributed by atoms with E-state index in [0.717, 1.165) is 10.7 Å². The van der Waals surface area contributed by atoms with Gasteiger partial charge in [0.15, 0.2) is 0 Å². The zero-order valence-corrected chi connectivity index (χ0v) is 16.5. The molecule has 0 bridgehead atoms. The fourth-order valence-electron chi connectivity index (χ4n) is 1.93. The van der Waals surface area contributed by atoms with Crippen LogP contribution >= 0.6 is 48.2 Å². The number of hydrogen-bond donors (Lipinski definition) is 1. The lowest BCUT2D eigenvalue weighted by Crippen LogP contribution is -2.13. The summed E-state index contributed by atoms with van der Waals surface area (Å²) in [6, 6.07) is 12.6. The largest absolute Gasteiger partial charge is 0.320 e. The summed E-state index contributed by atoms with van der Waals surface area (Å²) in [4.78, 5) is 24.8. The van der Waals surface area contributed by atoms with Crippen LogP contribution in [0.2, 0.25) is 5.15 Å². The zero-order valence-electron chi connectivity index (χ0n) is 13.3. The van der Waals surface area contributed by atoms with Crippen molar-refractivity contribution >= 4 is 59.8 Å². The van der Waals surface area contributed by atoms with Crippen LogP contribution in [0.5, 0.6) is 0 Å². The highest BCUT2D eigenvalue weighted by Crippen LogP contribution is 2.27. The van der Waals surface area contributed by atoms with Crippen LogP contribution < -0.4 is 5.32 Å². The molecule has 9 heteroatoms. The van der Waals surface area contributed by atoms with E-state index in [-0.39, 0.29) is 30.7 Å². The number of halogens is 3. The zero-order chi connectivity index (χ0) is 16.8. The summed E-state index contributed by atoms with van der Waals surface area (Å²) >= 11 is 7.25. The van der Waals surface area contributed by atoms with E-state index in [4.69, 9.17) is 11.6 Å². The van der Waals surface area contributed by atoms with E-state index in [2.05, 4.69) is 20.3 Å². The van der Waals surface area contributed by atoms with Gasteiger partial charge in [0.25, 0.3) is 5.91 Å². The molecule has 0 aromatic carbocycles. The van der Waals surface area contributed by atoms with E-state index < -0.39 is 0 Å². The van der Waals surface area contributed by atoms with Crippen LogP contribution in [0.1, 0.15) is 16.1 Å². The summed E-state index contributed by atoms with van der Waals surface area (Å²) in [5.41, 5.74) is 2.04. The maximum absolute atomic E-state index is 12.3. The van der Waals surface area contributed by atoms with Crippen LogP contribution in [0.25, 0.3) is 0 Å². The first-order valence-electron chi connectivity index (χ1n) is 7.13. The summed E-state index contributed by atoms with van der Waals surface area (Å²) in [6.45, 7) is 0. The standard InChI is InChI=1S/C17H13ClN4OS.2ClH/c18-15-7-6-12(10-21-15)16(23)22-14-5-3-9-20-17(14)24-11-13-4-1-2-8-19-13;;/h1-10H,11H2,(H,22,23);2*1H. The minimum atomic E-state index is -0.258. The van der Waals surface area contributed by atoms with Crippen LogP contribution in [0.4, 0.5) is 5.69 Å². The van der Waals surface area contributed by atoms with Crippen LogP contribution in [0.15, 0.2) is 66.1 Å². The first-order valence-corrected chi connectivity index (χ1v) is 8.49. The molecule has 0 saturated carbocycles. The number of anilines is 1. The molecule has 26 heavy (non-hydrogen) atoms. The van der Waals surface area contributed by atoms with Crippen molar-refractivity contribution in [2.45, 2.75) is 10.8 Å². The molecule has 136 valence electrons. The fourth-order valence-corrected chi connectivity index (χ4v) is 2.91. The molecule has 1 amide bonds. The molecule has 0 aliphatic carbocycles. The van der Waals surface area contributed by atoms with Crippen molar-refractivity contribution in [1.29, 1.82) is 0 Å². The molecule has 1 N–H and O–H groups in total. The van der Waals surface area contributed by atoms with E-state index in [1.807, 2.05) is 24.3 Å². The topological polar surface area (TPSA) is 67.8 Å². The molecule has 0 unspecified atom stereocenters. The van der Waals surface area contributed by atoms with Crippen LogP contribution in [-0.2, 0) is 5.75 Å². The first-order chi connectivity index (χ1) is 11.7. The molecule has 0 aliphatic heterocycles. The quantitative estimate of drug-likeness (QED) is 0.461. The third kappa shape index (κ3) is 6.14. The SMILES string of the molecule is Cl.Cl.O=C(Nc1cccnc1SCc1ccccn1)c1ccc(Cl)nc1. The Kier molecular flexibility index (Phi) is 9.37. The molecular weight excluding hydrogens is 415 g/mol. The van der Waals surface area contributed by atoms with Crippen LogP contribution in [0, 0.1) is 0 Å². The summed E-state index contributed by atoms with van der Waals surface area (Å²) in [7, 11) is 0. The number of aromatic nitrogens is 3. The molecule has 3 heterocycles. The van der Waals surface area contributed by atoms with Gasteiger partial charge in [-0.15, -0.1) is 24.8 Å². The third-order valence-corrected chi connectivity index (χ3v) is 4.35. The maximum Gasteiger partial charge on any atom is 0.257 e. The molecule has 3 rings (SSSR count). The number of nitrogens with zero attached hydrogens (tertiary/aromatic N) is 3. The Morgan fingerprint density at radius 3 is 2.50 bits per heavy atom. The lowest BCUT2D eigenvalue weighted by molar-refractivity contribution is 0.102. The van der Waals surface area contributed by atoms with Gasteiger partial charge in [-0.3, -0.25) is 9.78 Å². The highest BCUT2D eigenvalue weighted by Gasteiger charge is 2.11. The molecule has 0 atom stereocenters. The summed E-state index contributed by atoms with van der Waals surface area (Å²) in [6.07, 6.45) is 4.89. The van der Waals surface area contributed by atoms with Crippen molar-refractivity contribution in [1.82, 2.24) is 15.0 Å². The van der Waals surface area contributed by atoms with Gasteiger partial charge in [0, 0.05) is 24.3 Å². The highest BCUT2D eigenvalue weighted by atomic mass is 35.5. The Labute approximate surface area is 172 Å². The summed E-state index contributed by atoms with van der Waals surface area (Å²) < 4.78 is 0. The Balaban J connectivity index is 0.00000169. The van der Waals surface area contributed by atoms with Gasteiger partial charge < -0.3 is 5.32 Å². The average Bonchev–Trinajstić information content (AvgIpc) is 2.62. The van der Waals surface area contributed by atoms with Gasteiger partial charge in [0.2, 0.25) is 0 Å². The number of rotatable bonds is 5. The molecule has 0 aliphatic rings. The lowest BCUT2D eigenvalue weighted by atomic mass is 10.2. The van der Waals surface area contributed by atoms with Gasteiger partial charge in [0.1, 0.15) is 10.2 Å². The Morgan fingerprint density at radius 2 is 1.81 bits per heavy atom. The minimum Gasteiger partial charge on any atom is -0.320 e. The van der Waals surface area contributed by atoms with E-state index in [1.54, 1.807) is 30.6 Å². The van der Waals surface area contributed by atoms with E-state index >= 15 is 0 Å². The minimum absolute atomic E-state index is 0. The number of thioether (sulfide) groups is 1. The van der Waals surface area contributed by atoms with Crippen molar-refractivity contribution in [3.8, 4) is 0 Å². The van der Waals surface area contributed by atoms with E-state index in [9.17, 15) is 4.79 Å². The molecular formula is C17H15Cl3N4OS. The number of carbonyl (C=O) groups excluding carboxylic acids is 1. The monoisotopic (exact) mass is 428 g/mol. The van der Waals surface area contributed by atoms with Crippen molar-refractivity contribution in [3.63, 3.8) is 0 Å². The molecule has 0 radical (unpaired) electrons. The average molecular weight is 430 g/mol. The van der Waals surface area contributed by atoms with Crippen molar-refractivity contribution < 1.29 is 4.79 Å². The lowest BCUT2D eigenvalue weighted by Gasteiger charge is -2.09. The van der Waals surface area contributed by atoms with Crippen LogP contribution in [0.3, 0.4) is 0 Å². The number of hydrogen-bond acceptors (Lipinski definition) is 5. The summed E-state index contributed by atoms with van der Waals surface area (Å²) in [5, 5.41) is 3.94. The fraction of sp³-hybridized carbons (Fsp3) is 0.0588. The van der Waals surface area contributed by atoms with Gasteiger partial charge >= 0.3 is 0 Å². The number of carbonyl (C=O) groups is 1. The Bertz CT molecular complexity index is 835. The second-order valence-electron chi connectivity index (χ2n) is 4.79. The number of pyridine rings is 3. The first kappa shape index (κ1) is 22.2. The van der Waals surface area contributed by atoms with Crippen molar-refractivity contribution in [3.05, 3.63) is 77.5 Å². The van der Waals surface area contributed by atoms with Gasteiger partial charge in [-0.2, -0.15) is 0 Å². The van der Waals surface area contributed by atoms with Gasteiger partial charge in [-0.25, -0.2) is 9.97 Å².